The molecule has 5 heteroatoms. The van der Waals surface area contributed by atoms with E-state index in [1.807, 2.05) is 4.68 Å². The Morgan fingerprint density at radius 1 is 1.47 bits per heavy atom. The molecular formula is C14H27N5. The number of likely N-dealkylation sites (tertiary alicyclic amines) is 1. The van der Waals surface area contributed by atoms with Crippen LogP contribution in [0.1, 0.15) is 33.0 Å². The fourth-order valence-corrected chi connectivity index (χ4v) is 2.68. The molecule has 2 heterocycles. The van der Waals surface area contributed by atoms with Crippen LogP contribution >= 0.6 is 0 Å². The second-order valence-corrected chi connectivity index (χ2v) is 5.93. The molecule has 1 aliphatic rings. The standard InChI is InChI=1S/C14H27N5/c1-4-18-6-5-13(10-18)7-15-8-14-16-11-17-19(14)9-12(2)3/h11-13,15H,4-10H2,1-3H3. The molecule has 0 aromatic carbocycles. The lowest BCUT2D eigenvalue weighted by Crippen LogP contribution is -2.27. The Hall–Kier alpha value is -0.940. The lowest BCUT2D eigenvalue weighted by atomic mass is 10.1. The Balaban J connectivity index is 1.72. The monoisotopic (exact) mass is 265 g/mol. The highest BCUT2D eigenvalue weighted by molar-refractivity contribution is 4.85. The van der Waals surface area contributed by atoms with E-state index in [0.717, 1.165) is 31.4 Å². The first-order valence-electron chi connectivity index (χ1n) is 7.48. The number of hydrogen-bond acceptors (Lipinski definition) is 4. The van der Waals surface area contributed by atoms with Gasteiger partial charge in [-0.1, -0.05) is 20.8 Å². The van der Waals surface area contributed by atoms with E-state index >= 15 is 0 Å². The van der Waals surface area contributed by atoms with Gasteiger partial charge in [0, 0.05) is 13.1 Å². The average molecular weight is 265 g/mol. The van der Waals surface area contributed by atoms with Crippen LogP contribution in [0.3, 0.4) is 0 Å². The van der Waals surface area contributed by atoms with E-state index in [0.29, 0.717) is 5.92 Å². The first kappa shape index (κ1) is 14.5. The minimum absolute atomic E-state index is 0.605. The Labute approximate surface area is 116 Å². The topological polar surface area (TPSA) is 46.0 Å². The molecule has 1 N–H and O–H groups in total. The van der Waals surface area contributed by atoms with E-state index in [9.17, 15) is 0 Å². The van der Waals surface area contributed by atoms with Crippen molar-refractivity contribution in [3.8, 4) is 0 Å². The maximum atomic E-state index is 4.34. The smallest absolute Gasteiger partial charge is 0.140 e. The maximum Gasteiger partial charge on any atom is 0.140 e. The molecule has 0 amide bonds. The van der Waals surface area contributed by atoms with Gasteiger partial charge in [0.25, 0.3) is 0 Å². The van der Waals surface area contributed by atoms with Gasteiger partial charge >= 0.3 is 0 Å². The summed E-state index contributed by atoms with van der Waals surface area (Å²) < 4.78 is 2.02. The van der Waals surface area contributed by atoms with E-state index in [-0.39, 0.29) is 0 Å². The largest absolute Gasteiger partial charge is 0.310 e. The molecule has 1 fully saturated rings. The number of rotatable bonds is 7. The van der Waals surface area contributed by atoms with Crippen molar-refractivity contribution in [3.63, 3.8) is 0 Å². The van der Waals surface area contributed by atoms with E-state index in [1.54, 1.807) is 6.33 Å². The average Bonchev–Trinajstić information content (AvgIpc) is 2.99. The molecular weight excluding hydrogens is 238 g/mol. The third kappa shape index (κ3) is 4.28. The van der Waals surface area contributed by atoms with E-state index in [2.05, 4.69) is 41.1 Å². The van der Waals surface area contributed by atoms with Gasteiger partial charge in [0.15, 0.2) is 0 Å². The van der Waals surface area contributed by atoms with Crippen LogP contribution in [0.25, 0.3) is 0 Å². The molecule has 108 valence electrons. The lowest BCUT2D eigenvalue weighted by Gasteiger charge is -2.14. The van der Waals surface area contributed by atoms with Crippen molar-refractivity contribution >= 4 is 0 Å². The lowest BCUT2D eigenvalue weighted by molar-refractivity contribution is 0.338. The van der Waals surface area contributed by atoms with Crippen LogP contribution in [0, 0.1) is 11.8 Å². The van der Waals surface area contributed by atoms with Gasteiger partial charge < -0.3 is 10.2 Å². The molecule has 0 aliphatic carbocycles. The summed E-state index contributed by atoms with van der Waals surface area (Å²) in [4.78, 5) is 6.86. The van der Waals surface area contributed by atoms with Crippen molar-refractivity contribution in [3.05, 3.63) is 12.2 Å². The predicted molar refractivity (Wildman–Crippen MR) is 76.8 cm³/mol. The predicted octanol–water partition coefficient (Wildman–Crippen LogP) is 1.37. The van der Waals surface area contributed by atoms with E-state index in [1.165, 1.54) is 26.1 Å². The number of nitrogens with one attached hydrogen (secondary N) is 1. The SMILES string of the molecule is CCN1CCC(CNCc2ncnn2CC(C)C)C1. The molecule has 1 unspecified atom stereocenters. The molecule has 5 nitrogen and oxygen atoms in total. The van der Waals surface area contributed by atoms with Gasteiger partial charge in [0.1, 0.15) is 12.2 Å². The normalized spacial score (nSPS) is 20.5. The highest BCUT2D eigenvalue weighted by Crippen LogP contribution is 2.14. The number of hydrogen-bond donors (Lipinski definition) is 1. The van der Waals surface area contributed by atoms with Crippen molar-refractivity contribution in [1.29, 1.82) is 0 Å². The van der Waals surface area contributed by atoms with Crippen molar-refractivity contribution in [2.45, 2.75) is 40.3 Å². The number of aromatic nitrogens is 3. The van der Waals surface area contributed by atoms with Gasteiger partial charge in [-0.3, -0.25) is 0 Å². The quantitative estimate of drug-likeness (QED) is 0.809. The molecule has 1 saturated heterocycles. The highest BCUT2D eigenvalue weighted by Gasteiger charge is 2.20. The molecule has 2 rings (SSSR count). The summed E-state index contributed by atoms with van der Waals surface area (Å²) in [6.45, 7) is 13.2. The van der Waals surface area contributed by atoms with Crippen LogP contribution in [0.4, 0.5) is 0 Å². The second-order valence-electron chi connectivity index (χ2n) is 5.93. The van der Waals surface area contributed by atoms with Crippen LogP contribution in [-0.4, -0.2) is 45.8 Å². The molecule has 1 aromatic heterocycles. The Morgan fingerprint density at radius 2 is 2.32 bits per heavy atom. The Morgan fingerprint density at radius 3 is 3.00 bits per heavy atom. The van der Waals surface area contributed by atoms with Gasteiger partial charge in [-0.05, 0) is 37.9 Å². The van der Waals surface area contributed by atoms with Crippen molar-refractivity contribution in [1.82, 2.24) is 25.0 Å². The molecule has 19 heavy (non-hydrogen) atoms. The molecule has 0 saturated carbocycles. The fourth-order valence-electron chi connectivity index (χ4n) is 2.68. The number of nitrogens with zero attached hydrogens (tertiary/aromatic N) is 4. The summed E-state index contributed by atoms with van der Waals surface area (Å²) in [6.07, 6.45) is 2.98. The Kier molecular flexibility index (Phi) is 5.34. The second kappa shape index (κ2) is 7.01. The van der Waals surface area contributed by atoms with Crippen LogP contribution < -0.4 is 5.32 Å². The summed E-state index contributed by atoms with van der Waals surface area (Å²) in [5.41, 5.74) is 0. The molecule has 1 atom stereocenters. The summed E-state index contributed by atoms with van der Waals surface area (Å²) in [7, 11) is 0. The molecule has 1 aromatic rings. The van der Waals surface area contributed by atoms with Crippen molar-refractivity contribution < 1.29 is 0 Å². The summed E-state index contributed by atoms with van der Waals surface area (Å²) in [6, 6.07) is 0. The van der Waals surface area contributed by atoms with Crippen molar-refractivity contribution in [2.24, 2.45) is 11.8 Å². The van der Waals surface area contributed by atoms with Crippen LogP contribution in [-0.2, 0) is 13.1 Å². The summed E-state index contributed by atoms with van der Waals surface area (Å²) in [5.74, 6) is 2.45. The molecule has 0 bridgehead atoms. The molecule has 0 spiro atoms. The summed E-state index contributed by atoms with van der Waals surface area (Å²) in [5, 5.41) is 7.83. The summed E-state index contributed by atoms with van der Waals surface area (Å²) >= 11 is 0. The third-order valence-electron chi connectivity index (χ3n) is 3.77. The molecule has 0 radical (unpaired) electrons. The van der Waals surface area contributed by atoms with E-state index < -0.39 is 0 Å². The minimum Gasteiger partial charge on any atom is -0.310 e. The molecule has 1 aliphatic heterocycles. The van der Waals surface area contributed by atoms with Gasteiger partial charge in [-0.2, -0.15) is 5.10 Å². The van der Waals surface area contributed by atoms with Gasteiger partial charge in [-0.25, -0.2) is 9.67 Å². The van der Waals surface area contributed by atoms with Crippen LogP contribution in [0.5, 0.6) is 0 Å². The van der Waals surface area contributed by atoms with Crippen LogP contribution in [0.2, 0.25) is 0 Å². The zero-order chi connectivity index (χ0) is 13.7. The highest BCUT2D eigenvalue weighted by atomic mass is 15.3. The minimum atomic E-state index is 0.605. The Bertz CT molecular complexity index is 374. The first-order valence-corrected chi connectivity index (χ1v) is 7.48. The van der Waals surface area contributed by atoms with Crippen LogP contribution in [0.15, 0.2) is 6.33 Å². The third-order valence-corrected chi connectivity index (χ3v) is 3.77. The zero-order valence-corrected chi connectivity index (χ0v) is 12.5. The van der Waals surface area contributed by atoms with E-state index in [4.69, 9.17) is 0 Å². The first-order chi connectivity index (χ1) is 9.19. The van der Waals surface area contributed by atoms with Crippen molar-refractivity contribution in [2.75, 3.05) is 26.2 Å². The van der Waals surface area contributed by atoms with Gasteiger partial charge in [0.2, 0.25) is 0 Å². The maximum absolute atomic E-state index is 4.34. The fraction of sp³-hybridized carbons (Fsp3) is 0.857. The van der Waals surface area contributed by atoms with Gasteiger partial charge in [-0.15, -0.1) is 0 Å². The van der Waals surface area contributed by atoms with Gasteiger partial charge in [0.05, 0.1) is 6.54 Å². The zero-order valence-electron chi connectivity index (χ0n) is 12.5.